The van der Waals surface area contributed by atoms with Crippen LogP contribution in [-0.2, 0) is 0 Å². The number of imidazole rings is 1. The Morgan fingerprint density at radius 2 is 1.97 bits per heavy atom. The van der Waals surface area contributed by atoms with E-state index in [1.54, 1.807) is 31.3 Å². The molecular weight excluding hydrogens is 395 g/mol. The number of carbonyl (C=O) groups excluding carboxylic acids is 1. The molecule has 0 bridgehead atoms. The zero-order valence-corrected chi connectivity index (χ0v) is 17.0. The van der Waals surface area contributed by atoms with Gasteiger partial charge in [-0.05, 0) is 50.5 Å². The van der Waals surface area contributed by atoms with Crippen LogP contribution in [0.1, 0.15) is 35.4 Å². The lowest BCUT2D eigenvalue weighted by Crippen LogP contribution is -2.39. The molecule has 6 nitrogen and oxygen atoms in total. The first-order chi connectivity index (χ1) is 15.1. The minimum atomic E-state index is -0.344. The van der Waals surface area contributed by atoms with Crippen molar-refractivity contribution in [2.75, 3.05) is 0 Å². The minimum Gasteiger partial charge on any atom is -0.360 e. The number of carbonyl (C=O) groups is 1. The molecule has 1 aliphatic rings. The van der Waals surface area contributed by atoms with Gasteiger partial charge in [-0.3, -0.25) is 4.79 Å². The summed E-state index contributed by atoms with van der Waals surface area (Å²) in [7, 11) is 0. The van der Waals surface area contributed by atoms with E-state index >= 15 is 0 Å². The van der Waals surface area contributed by atoms with E-state index in [2.05, 4.69) is 15.5 Å². The first-order valence-electron chi connectivity index (χ1n) is 10.3. The van der Waals surface area contributed by atoms with Crippen LogP contribution in [-0.4, -0.2) is 27.1 Å². The van der Waals surface area contributed by atoms with Crippen LogP contribution in [0.25, 0.3) is 33.9 Å². The van der Waals surface area contributed by atoms with E-state index in [4.69, 9.17) is 9.51 Å². The quantitative estimate of drug-likeness (QED) is 0.472. The summed E-state index contributed by atoms with van der Waals surface area (Å²) in [6.45, 7) is 1.80. The van der Waals surface area contributed by atoms with E-state index in [-0.39, 0.29) is 17.8 Å². The number of rotatable bonds is 5. The minimum absolute atomic E-state index is 0.0680. The summed E-state index contributed by atoms with van der Waals surface area (Å²) in [5.41, 5.74) is 3.89. The number of hydrogen-bond acceptors (Lipinski definition) is 4. The van der Waals surface area contributed by atoms with Crippen LogP contribution < -0.4 is 5.32 Å². The highest BCUT2D eigenvalue weighted by Gasteiger charge is 2.22. The summed E-state index contributed by atoms with van der Waals surface area (Å²) >= 11 is 0. The molecule has 5 rings (SSSR count). The number of aromatic nitrogens is 3. The lowest BCUT2D eigenvalue weighted by atomic mass is 9.93. The van der Waals surface area contributed by atoms with Gasteiger partial charge in [-0.25, -0.2) is 9.37 Å². The largest absolute Gasteiger partial charge is 0.360 e. The zero-order valence-electron chi connectivity index (χ0n) is 17.0. The third-order valence-electron chi connectivity index (χ3n) is 5.63. The average Bonchev–Trinajstić information content (AvgIpc) is 3.37. The summed E-state index contributed by atoms with van der Waals surface area (Å²) in [6, 6.07) is 13.9. The molecule has 156 valence electrons. The SMILES string of the molecule is Cc1onc(-c2cccc(F)c2)c1-c1c[nH]c(-c2cccc(C(=O)NC3CCC3)c2)n1. The molecule has 1 aliphatic carbocycles. The molecule has 0 aliphatic heterocycles. The van der Waals surface area contributed by atoms with Crippen molar-refractivity contribution in [3.05, 3.63) is 71.9 Å². The van der Waals surface area contributed by atoms with Gasteiger partial charge in [-0.2, -0.15) is 0 Å². The van der Waals surface area contributed by atoms with Crippen molar-refractivity contribution < 1.29 is 13.7 Å². The maximum absolute atomic E-state index is 13.7. The molecule has 0 radical (unpaired) electrons. The first-order valence-corrected chi connectivity index (χ1v) is 10.3. The molecule has 4 aromatic rings. The highest BCUT2D eigenvalue weighted by Crippen LogP contribution is 2.34. The van der Waals surface area contributed by atoms with E-state index in [0.717, 1.165) is 18.4 Å². The molecule has 1 fully saturated rings. The average molecular weight is 416 g/mol. The number of aryl methyl sites for hydroxylation is 1. The molecule has 0 spiro atoms. The van der Waals surface area contributed by atoms with Crippen LogP contribution in [0.5, 0.6) is 0 Å². The Hall–Kier alpha value is -3.74. The van der Waals surface area contributed by atoms with Crippen LogP contribution in [0, 0.1) is 12.7 Å². The van der Waals surface area contributed by atoms with Gasteiger partial charge in [-0.1, -0.05) is 29.4 Å². The number of H-pyrrole nitrogens is 1. The topological polar surface area (TPSA) is 83.8 Å². The molecule has 0 unspecified atom stereocenters. The van der Waals surface area contributed by atoms with Crippen molar-refractivity contribution in [2.45, 2.75) is 32.2 Å². The fourth-order valence-corrected chi connectivity index (χ4v) is 3.73. The summed E-state index contributed by atoms with van der Waals surface area (Å²) in [4.78, 5) is 20.4. The van der Waals surface area contributed by atoms with Gasteiger partial charge in [0.25, 0.3) is 5.91 Å². The molecule has 31 heavy (non-hydrogen) atoms. The van der Waals surface area contributed by atoms with Crippen LogP contribution in [0.15, 0.2) is 59.3 Å². The van der Waals surface area contributed by atoms with E-state index in [1.807, 2.05) is 18.2 Å². The lowest BCUT2D eigenvalue weighted by molar-refractivity contribution is 0.0917. The summed E-state index contributed by atoms with van der Waals surface area (Å²) in [5, 5.41) is 7.17. The summed E-state index contributed by atoms with van der Waals surface area (Å²) in [5.74, 6) is 0.801. The van der Waals surface area contributed by atoms with Crippen LogP contribution in [0.4, 0.5) is 4.39 Å². The van der Waals surface area contributed by atoms with Gasteiger partial charge in [0, 0.05) is 28.9 Å². The summed E-state index contributed by atoms with van der Waals surface area (Å²) < 4.78 is 19.1. The van der Waals surface area contributed by atoms with Gasteiger partial charge in [-0.15, -0.1) is 0 Å². The third-order valence-corrected chi connectivity index (χ3v) is 5.63. The van der Waals surface area contributed by atoms with Crippen molar-refractivity contribution in [2.24, 2.45) is 0 Å². The Bertz CT molecular complexity index is 1260. The maximum atomic E-state index is 13.7. The molecule has 2 N–H and O–H groups in total. The van der Waals surface area contributed by atoms with Gasteiger partial charge in [0.2, 0.25) is 0 Å². The van der Waals surface area contributed by atoms with Crippen molar-refractivity contribution in [3.63, 3.8) is 0 Å². The van der Waals surface area contributed by atoms with Crippen molar-refractivity contribution >= 4 is 5.91 Å². The molecule has 0 saturated heterocycles. The van der Waals surface area contributed by atoms with Crippen LogP contribution in [0.3, 0.4) is 0 Å². The number of nitrogens with one attached hydrogen (secondary N) is 2. The normalized spacial score (nSPS) is 13.7. The molecular formula is C24H21FN4O2. The number of amides is 1. The number of hydrogen-bond donors (Lipinski definition) is 2. The molecule has 0 atom stereocenters. The molecule has 2 aromatic heterocycles. The Morgan fingerprint density at radius 1 is 1.16 bits per heavy atom. The monoisotopic (exact) mass is 416 g/mol. The van der Waals surface area contributed by atoms with E-state index in [0.29, 0.717) is 39.7 Å². The predicted molar refractivity (Wildman–Crippen MR) is 115 cm³/mol. The van der Waals surface area contributed by atoms with Crippen LogP contribution >= 0.6 is 0 Å². The maximum Gasteiger partial charge on any atom is 0.251 e. The van der Waals surface area contributed by atoms with Gasteiger partial charge >= 0.3 is 0 Å². The lowest BCUT2D eigenvalue weighted by Gasteiger charge is -2.26. The second-order valence-electron chi connectivity index (χ2n) is 7.79. The smallest absolute Gasteiger partial charge is 0.251 e. The van der Waals surface area contributed by atoms with Crippen LogP contribution in [0.2, 0.25) is 0 Å². The third kappa shape index (κ3) is 3.74. The number of benzene rings is 2. The van der Waals surface area contributed by atoms with Gasteiger partial charge in [0.1, 0.15) is 23.1 Å². The Morgan fingerprint density at radius 3 is 2.74 bits per heavy atom. The standard InChI is InChI=1S/C24H21FN4O2/c1-14-21(22(29-31-14)15-5-3-8-18(25)12-15)20-13-26-23(28-20)16-6-2-7-17(11-16)24(30)27-19-9-4-10-19/h2-3,5-8,11-13,19H,4,9-10H2,1H3,(H,26,28)(H,27,30). The number of aromatic amines is 1. The molecule has 1 amide bonds. The molecule has 7 heteroatoms. The second-order valence-corrected chi connectivity index (χ2v) is 7.79. The fraction of sp³-hybridized carbons (Fsp3) is 0.208. The molecule has 2 aromatic carbocycles. The predicted octanol–water partition coefficient (Wildman–Crippen LogP) is 5.13. The zero-order chi connectivity index (χ0) is 21.4. The van der Waals surface area contributed by atoms with Crippen molar-refractivity contribution in [3.8, 4) is 33.9 Å². The second kappa shape index (κ2) is 7.83. The van der Waals surface area contributed by atoms with Gasteiger partial charge in [0.05, 0.1) is 11.3 Å². The van der Waals surface area contributed by atoms with Gasteiger partial charge in [0.15, 0.2) is 0 Å². The fourth-order valence-electron chi connectivity index (χ4n) is 3.73. The van der Waals surface area contributed by atoms with Crippen molar-refractivity contribution in [1.82, 2.24) is 20.4 Å². The highest BCUT2D eigenvalue weighted by atomic mass is 19.1. The molecule has 1 saturated carbocycles. The van der Waals surface area contributed by atoms with E-state index < -0.39 is 0 Å². The number of nitrogens with zero attached hydrogens (tertiary/aromatic N) is 2. The Balaban J connectivity index is 1.46. The Kier molecular flexibility index (Phi) is 4.86. The van der Waals surface area contributed by atoms with E-state index in [9.17, 15) is 9.18 Å². The number of halogens is 1. The van der Waals surface area contributed by atoms with Gasteiger partial charge < -0.3 is 14.8 Å². The molecule has 2 heterocycles. The Labute approximate surface area is 178 Å². The van der Waals surface area contributed by atoms with Crippen molar-refractivity contribution in [1.29, 1.82) is 0 Å². The summed E-state index contributed by atoms with van der Waals surface area (Å²) in [6.07, 6.45) is 5.01. The van der Waals surface area contributed by atoms with E-state index in [1.165, 1.54) is 18.6 Å². The first kappa shape index (κ1) is 19.2. The highest BCUT2D eigenvalue weighted by molar-refractivity contribution is 5.95.